The second-order valence-corrected chi connectivity index (χ2v) is 7.96. The largest absolute Gasteiger partial charge is 0.436 e. The van der Waals surface area contributed by atoms with Gasteiger partial charge < -0.3 is 15.1 Å². The number of thiocarbonyl (C=S) groups is 1. The van der Waals surface area contributed by atoms with E-state index in [0.717, 1.165) is 27.9 Å². The van der Waals surface area contributed by atoms with Gasteiger partial charge in [-0.3, -0.25) is 4.79 Å². The Labute approximate surface area is 170 Å². The number of anilines is 1. The minimum Gasteiger partial charge on any atom is -0.436 e. The van der Waals surface area contributed by atoms with Gasteiger partial charge in [-0.15, -0.1) is 0 Å². The van der Waals surface area contributed by atoms with E-state index in [1.165, 1.54) is 11.1 Å². The molecule has 0 aliphatic carbocycles. The number of hydrogen-bond donors (Lipinski definition) is 2. The third-order valence-electron chi connectivity index (χ3n) is 4.58. The Bertz CT molecular complexity index is 1010. The van der Waals surface area contributed by atoms with Crippen molar-refractivity contribution in [2.75, 3.05) is 5.32 Å². The van der Waals surface area contributed by atoms with Crippen LogP contribution in [0.2, 0.25) is 0 Å². The fourth-order valence-electron chi connectivity index (χ4n) is 2.90. The predicted molar refractivity (Wildman–Crippen MR) is 117 cm³/mol. The number of carbonyl (C=O) groups is 1. The molecule has 28 heavy (non-hydrogen) atoms. The lowest BCUT2D eigenvalue weighted by molar-refractivity contribution is -0.120. The Balaban J connectivity index is 1.83. The molecule has 0 unspecified atom stereocenters. The van der Waals surface area contributed by atoms with E-state index in [9.17, 15) is 4.79 Å². The van der Waals surface area contributed by atoms with Crippen LogP contribution in [0.4, 0.5) is 5.69 Å². The van der Waals surface area contributed by atoms with Crippen LogP contribution < -0.4 is 10.6 Å². The fourth-order valence-corrected chi connectivity index (χ4v) is 3.12. The van der Waals surface area contributed by atoms with Crippen molar-refractivity contribution in [2.45, 2.75) is 41.0 Å². The van der Waals surface area contributed by atoms with E-state index in [1.54, 1.807) is 0 Å². The van der Waals surface area contributed by atoms with E-state index in [0.29, 0.717) is 12.3 Å². The van der Waals surface area contributed by atoms with Gasteiger partial charge in [-0.05, 0) is 79.9 Å². The lowest BCUT2D eigenvalue weighted by Crippen LogP contribution is -2.34. The van der Waals surface area contributed by atoms with Crippen molar-refractivity contribution in [1.29, 1.82) is 0 Å². The molecule has 0 radical (unpaired) electrons. The van der Waals surface area contributed by atoms with E-state index >= 15 is 0 Å². The van der Waals surface area contributed by atoms with Crippen molar-refractivity contribution < 1.29 is 9.21 Å². The number of aryl methyl sites for hydroxylation is 3. The Morgan fingerprint density at radius 1 is 1.11 bits per heavy atom. The first-order valence-electron chi connectivity index (χ1n) is 9.32. The van der Waals surface area contributed by atoms with Gasteiger partial charge in [0, 0.05) is 17.7 Å². The van der Waals surface area contributed by atoms with Gasteiger partial charge in [-0.25, -0.2) is 4.98 Å². The maximum absolute atomic E-state index is 11.9. The van der Waals surface area contributed by atoms with Crippen molar-refractivity contribution in [1.82, 2.24) is 10.3 Å². The number of nitrogens with zero attached hydrogens (tertiary/aromatic N) is 1. The molecule has 6 heteroatoms. The Morgan fingerprint density at radius 2 is 1.82 bits per heavy atom. The molecule has 0 aliphatic rings. The highest BCUT2D eigenvalue weighted by atomic mass is 32.1. The van der Waals surface area contributed by atoms with Crippen molar-refractivity contribution in [3.63, 3.8) is 0 Å². The monoisotopic (exact) mass is 395 g/mol. The van der Waals surface area contributed by atoms with Crippen LogP contribution >= 0.6 is 12.2 Å². The topological polar surface area (TPSA) is 67.2 Å². The minimum absolute atomic E-state index is 0.0917. The quantitative estimate of drug-likeness (QED) is 0.588. The first kappa shape index (κ1) is 20.0. The molecule has 1 amide bonds. The Kier molecular flexibility index (Phi) is 5.79. The smallest absolute Gasteiger partial charge is 0.227 e. The van der Waals surface area contributed by atoms with E-state index in [2.05, 4.69) is 29.5 Å². The van der Waals surface area contributed by atoms with Crippen LogP contribution in [-0.4, -0.2) is 16.0 Å². The summed E-state index contributed by atoms with van der Waals surface area (Å²) in [5.41, 5.74) is 6.62. The lowest BCUT2D eigenvalue weighted by atomic mass is 10.1. The Hall–Kier alpha value is -2.73. The molecule has 0 aliphatic heterocycles. The minimum atomic E-state index is -0.0917. The van der Waals surface area contributed by atoms with Crippen molar-refractivity contribution in [3.8, 4) is 11.5 Å². The second-order valence-electron chi connectivity index (χ2n) is 7.55. The van der Waals surface area contributed by atoms with Crippen molar-refractivity contribution in [2.24, 2.45) is 5.92 Å². The summed E-state index contributed by atoms with van der Waals surface area (Å²) in [5, 5.41) is 6.12. The molecule has 2 N–H and O–H groups in total. The van der Waals surface area contributed by atoms with Gasteiger partial charge in [0.1, 0.15) is 5.52 Å². The highest BCUT2D eigenvalue weighted by molar-refractivity contribution is 7.80. The van der Waals surface area contributed by atoms with Crippen molar-refractivity contribution in [3.05, 3.63) is 47.0 Å². The number of carbonyl (C=O) groups excluding carboxylic acids is 1. The summed E-state index contributed by atoms with van der Waals surface area (Å²) in [6.07, 6.45) is 0.433. The third-order valence-corrected chi connectivity index (χ3v) is 4.79. The van der Waals surface area contributed by atoms with Crippen LogP contribution in [0.25, 0.3) is 22.6 Å². The predicted octanol–water partition coefficient (Wildman–Crippen LogP) is 5.28. The lowest BCUT2D eigenvalue weighted by Gasteiger charge is -2.13. The third kappa shape index (κ3) is 4.57. The van der Waals surface area contributed by atoms with Gasteiger partial charge in [0.25, 0.3) is 0 Å². The van der Waals surface area contributed by atoms with Crippen molar-refractivity contribution >= 4 is 40.0 Å². The summed E-state index contributed by atoms with van der Waals surface area (Å²) in [5.74, 6) is 0.739. The maximum atomic E-state index is 11.9. The first-order valence-corrected chi connectivity index (χ1v) is 9.73. The number of aromatic nitrogens is 1. The second kappa shape index (κ2) is 8.10. The SMILES string of the molecule is Cc1cc2nc(-c3ccc(C)c(NC(=S)NC(=O)CC(C)C)c3)oc2cc1C. The van der Waals surface area contributed by atoms with Crippen LogP contribution in [0.3, 0.4) is 0 Å². The molecular weight excluding hydrogens is 370 g/mol. The highest BCUT2D eigenvalue weighted by Crippen LogP contribution is 2.29. The number of amides is 1. The summed E-state index contributed by atoms with van der Waals surface area (Å²) in [6.45, 7) is 10.1. The maximum Gasteiger partial charge on any atom is 0.227 e. The van der Waals surface area contributed by atoms with Crippen LogP contribution in [0.1, 0.15) is 37.0 Å². The molecule has 3 aromatic rings. The number of hydrogen-bond acceptors (Lipinski definition) is 4. The van der Waals surface area contributed by atoms with Crippen LogP contribution in [0.15, 0.2) is 34.7 Å². The standard InChI is InChI=1S/C22H25N3O2S/c1-12(2)8-20(26)25-22(28)24-17-11-16(7-6-13(17)3)21-23-18-9-14(4)15(5)10-19(18)27-21/h6-7,9-12H,8H2,1-5H3,(H2,24,25,26,28). The molecule has 5 nitrogen and oxygen atoms in total. The van der Waals surface area contributed by atoms with Gasteiger partial charge in [0.05, 0.1) is 0 Å². The van der Waals surface area contributed by atoms with E-state index in [1.807, 2.05) is 51.1 Å². The summed E-state index contributed by atoms with van der Waals surface area (Å²) in [4.78, 5) is 16.5. The van der Waals surface area contributed by atoms with Gasteiger partial charge in [0.2, 0.25) is 11.8 Å². The van der Waals surface area contributed by atoms with E-state index in [4.69, 9.17) is 16.6 Å². The molecule has 0 saturated heterocycles. The van der Waals surface area contributed by atoms with Gasteiger partial charge in [-0.2, -0.15) is 0 Å². The molecule has 1 aromatic heterocycles. The summed E-state index contributed by atoms with van der Waals surface area (Å²) in [6, 6.07) is 9.91. The van der Waals surface area contributed by atoms with E-state index < -0.39 is 0 Å². The molecule has 0 fully saturated rings. The molecule has 2 aromatic carbocycles. The summed E-state index contributed by atoms with van der Waals surface area (Å²) < 4.78 is 5.96. The molecule has 0 spiro atoms. The zero-order valence-electron chi connectivity index (χ0n) is 16.8. The Morgan fingerprint density at radius 3 is 2.54 bits per heavy atom. The molecule has 3 rings (SSSR count). The summed E-state index contributed by atoms with van der Waals surface area (Å²) in [7, 11) is 0. The van der Waals surface area contributed by atoms with Crippen LogP contribution in [0, 0.1) is 26.7 Å². The highest BCUT2D eigenvalue weighted by Gasteiger charge is 2.13. The zero-order valence-corrected chi connectivity index (χ0v) is 17.7. The average molecular weight is 396 g/mol. The molecular formula is C22H25N3O2S. The summed E-state index contributed by atoms with van der Waals surface area (Å²) >= 11 is 5.28. The number of nitrogens with one attached hydrogen (secondary N) is 2. The molecule has 0 atom stereocenters. The average Bonchev–Trinajstić information content (AvgIpc) is 2.99. The molecule has 146 valence electrons. The van der Waals surface area contributed by atoms with Gasteiger partial charge >= 0.3 is 0 Å². The fraction of sp³-hybridized carbons (Fsp3) is 0.318. The normalized spacial score (nSPS) is 11.1. The number of fused-ring (bicyclic) bond motifs is 1. The number of oxazole rings is 1. The molecule has 0 bridgehead atoms. The number of benzene rings is 2. The van der Waals surface area contributed by atoms with Gasteiger partial charge in [-0.1, -0.05) is 19.9 Å². The zero-order chi connectivity index (χ0) is 20.4. The van der Waals surface area contributed by atoms with Crippen LogP contribution in [0.5, 0.6) is 0 Å². The first-order chi connectivity index (χ1) is 13.2. The molecule has 0 saturated carbocycles. The van der Waals surface area contributed by atoms with Gasteiger partial charge in [0.15, 0.2) is 10.7 Å². The molecule has 1 heterocycles. The van der Waals surface area contributed by atoms with Crippen LogP contribution in [-0.2, 0) is 4.79 Å². The van der Waals surface area contributed by atoms with E-state index in [-0.39, 0.29) is 16.9 Å². The number of rotatable bonds is 4.